The minimum Gasteiger partial charge on any atom is -0.506 e. The molecule has 23 heavy (non-hydrogen) atoms. The minimum absolute atomic E-state index is 0.175. The zero-order valence-corrected chi connectivity index (χ0v) is 14.1. The van der Waals surface area contributed by atoms with Gasteiger partial charge in [-0.05, 0) is 66.4 Å². The van der Waals surface area contributed by atoms with Crippen molar-refractivity contribution in [3.8, 4) is 5.75 Å². The summed E-state index contributed by atoms with van der Waals surface area (Å²) in [6.45, 7) is 3.15. The third-order valence-corrected chi connectivity index (χ3v) is 5.15. The number of thiophene rings is 1. The summed E-state index contributed by atoms with van der Waals surface area (Å²) in [5, 5.41) is 16.8. The maximum absolute atomic E-state index is 9.63. The zero-order chi connectivity index (χ0) is 16.2. The van der Waals surface area contributed by atoms with Gasteiger partial charge in [0.2, 0.25) is 0 Å². The molecule has 0 spiro atoms. The first kappa shape index (κ1) is 15.8. The van der Waals surface area contributed by atoms with Gasteiger partial charge in [0, 0.05) is 10.7 Å². The van der Waals surface area contributed by atoms with Crippen LogP contribution in [0.25, 0.3) is 10.1 Å². The molecule has 0 aliphatic rings. The Kier molecular flexibility index (Phi) is 4.84. The van der Waals surface area contributed by atoms with Crippen molar-refractivity contribution in [1.82, 2.24) is 5.32 Å². The number of nitrogens with two attached hydrogens (primary N) is 1. The van der Waals surface area contributed by atoms with Crippen LogP contribution in [0.5, 0.6) is 5.75 Å². The van der Waals surface area contributed by atoms with Crippen molar-refractivity contribution in [1.29, 1.82) is 0 Å². The van der Waals surface area contributed by atoms with Crippen LogP contribution in [-0.4, -0.2) is 11.7 Å². The van der Waals surface area contributed by atoms with E-state index in [0.717, 1.165) is 24.9 Å². The highest BCUT2D eigenvalue weighted by Gasteiger charge is 2.10. The number of phenols is 1. The van der Waals surface area contributed by atoms with Gasteiger partial charge in [-0.3, -0.25) is 0 Å². The van der Waals surface area contributed by atoms with Crippen molar-refractivity contribution >= 4 is 27.1 Å². The fraction of sp³-hybridized carbons (Fsp3) is 0.263. The summed E-state index contributed by atoms with van der Waals surface area (Å²) >= 11 is 1.80. The van der Waals surface area contributed by atoms with E-state index >= 15 is 0 Å². The van der Waals surface area contributed by atoms with Gasteiger partial charge in [-0.2, -0.15) is 0 Å². The number of benzene rings is 2. The molecule has 0 amide bonds. The molecule has 0 saturated heterocycles. The first-order chi connectivity index (χ1) is 11.1. The fourth-order valence-corrected chi connectivity index (χ4v) is 3.85. The molecule has 3 nitrogen and oxygen atoms in total. The molecular formula is C19H22N2OS. The van der Waals surface area contributed by atoms with E-state index in [9.17, 15) is 5.11 Å². The molecule has 0 fully saturated rings. The van der Waals surface area contributed by atoms with Gasteiger partial charge in [-0.15, -0.1) is 11.3 Å². The van der Waals surface area contributed by atoms with Crippen LogP contribution in [0.4, 0.5) is 5.69 Å². The number of fused-ring (bicyclic) bond motifs is 1. The Hall–Kier alpha value is -2.04. The standard InChI is InChI=1S/C19H22N2OS/c1-13(16-12-23-19-7-3-2-6-15(16)19)21-10-4-5-14-8-9-17(20)18(22)11-14/h2-3,6-9,11-13,21-22H,4-5,10,20H2,1H3. The minimum atomic E-state index is 0.175. The summed E-state index contributed by atoms with van der Waals surface area (Å²) < 4.78 is 1.34. The predicted molar refractivity (Wildman–Crippen MR) is 99.1 cm³/mol. The van der Waals surface area contributed by atoms with Gasteiger partial charge in [0.1, 0.15) is 5.75 Å². The zero-order valence-electron chi connectivity index (χ0n) is 13.3. The lowest BCUT2D eigenvalue weighted by Crippen LogP contribution is -2.20. The Balaban J connectivity index is 1.53. The molecule has 0 saturated carbocycles. The second kappa shape index (κ2) is 7.02. The lowest BCUT2D eigenvalue weighted by atomic mass is 10.1. The Bertz CT molecular complexity index is 797. The van der Waals surface area contributed by atoms with Gasteiger partial charge < -0.3 is 16.2 Å². The summed E-state index contributed by atoms with van der Waals surface area (Å²) in [5.41, 5.74) is 8.55. The summed E-state index contributed by atoms with van der Waals surface area (Å²) in [6.07, 6.45) is 1.95. The molecule has 1 unspecified atom stereocenters. The molecule has 120 valence electrons. The van der Waals surface area contributed by atoms with Crippen LogP contribution in [-0.2, 0) is 6.42 Å². The predicted octanol–water partition coefficient (Wildman–Crippen LogP) is 4.47. The number of nitrogens with one attached hydrogen (secondary N) is 1. The highest BCUT2D eigenvalue weighted by Crippen LogP contribution is 2.30. The lowest BCUT2D eigenvalue weighted by molar-refractivity contribution is 0.477. The van der Waals surface area contributed by atoms with E-state index < -0.39 is 0 Å². The number of aromatic hydroxyl groups is 1. The second-order valence-electron chi connectivity index (χ2n) is 5.86. The van der Waals surface area contributed by atoms with Crippen molar-refractivity contribution in [3.05, 3.63) is 59.0 Å². The molecule has 4 heteroatoms. The van der Waals surface area contributed by atoms with Crippen molar-refractivity contribution < 1.29 is 5.11 Å². The van der Waals surface area contributed by atoms with E-state index in [1.165, 1.54) is 15.6 Å². The molecule has 2 aromatic carbocycles. The highest BCUT2D eigenvalue weighted by atomic mass is 32.1. The van der Waals surface area contributed by atoms with Crippen LogP contribution in [0, 0.1) is 0 Å². The van der Waals surface area contributed by atoms with Crippen molar-refractivity contribution in [2.45, 2.75) is 25.8 Å². The van der Waals surface area contributed by atoms with Crippen LogP contribution in [0.1, 0.15) is 30.5 Å². The van der Waals surface area contributed by atoms with Gasteiger partial charge in [0.25, 0.3) is 0 Å². The summed E-state index contributed by atoms with van der Waals surface area (Å²) in [6, 6.07) is 14.4. The van der Waals surface area contributed by atoms with E-state index in [1.54, 1.807) is 23.5 Å². The van der Waals surface area contributed by atoms with E-state index in [2.05, 4.69) is 41.9 Å². The van der Waals surface area contributed by atoms with Gasteiger partial charge in [-0.1, -0.05) is 24.3 Å². The van der Waals surface area contributed by atoms with Crippen LogP contribution < -0.4 is 11.1 Å². The average molecular weight is 326 g/mol. The van der Waals surface area contributed by atoms with Crippen LogP contribution in [0.3, 0.4) is 0 Å². The maximum atomic E-state index is 9.63. The normalized spacial score (nSPS) is 12.6. The first-order valence-electron chi connectivity index (χ1n) is 7.92. The largest absolute Gasteiger partial charge is 0.506 e. The second-order valence-corrected chi connectivity index (χ2v) is 6.77. The molecule has 4 N–H and O–H groups in total. The van der Waals surface area contributed by atoms with Crippen LogP contribution in [0.15, 0.2) is 47.8 Å². The first-order valence-corrected chi connectivity index (χ1v) is 8.80. The number of rotatable bonds is 6. The summed E-state index contributed by atoms with van der Waals surface area (Å²) in [5.74, 6) is 0.175. The monoisotopic (exact) mass is 326 g/mol. The fourth-order valence-electron chi connectivity index (χ4n) is 2.80. The molecule has 3 rings (SSSR count). The SMILES string of the molecule is CC(NCCCc1ccc(N)c(O)c1)c1csc2ccccc12. The van der Waals surface area contributed by atoms with Crippen molar-refractivity contribution in [3.63, 3.8) is 0 Å². The molecule has 0 radical (unpaired) electrons. The number of aryl methyl sites for hydroxylation is 1. The molecule has 1 atom stereocenters. The number of phenolic OH excluding ortho intramolecular Hbond substituents is 1. The molecule has 1 heterocycles. The molecule has 3 aromatic rings. The van der Waals surface area contributed by atoms with Gasteiger partial charge in [0.05, 0.1) is 5.69 Å². The average Bonchev–Trinajstić information content (AvgIpc) is 2.99. The van der Waals surface area contributed by atoms with Gasteiger partial charge in [0.15, 0.2) is 0 Å². The van der Waals surface area contributed by atoms with E-state index in [4.69, 9.17) is 5.73 Å². The lowest BCUT2D eigenvalue weighted by Gasteiger charge is -2.13. The smallest absolute Gasteiger partial charge is 0.138 e. The Morgan fingerprint density at radius 3 is 2.87 bits per heavy atom. The number of hydrogen-bond donors (Lipinski definition) is 3. The quantitative estimate of drug-likeness (QED) is 0.356. The maximum Gasteiger partial charge on any atom is 0.138 e. The number of anilines is 1. The molecule has 1 aromatic heterocycles. The highest BCUT2D eigenvalue weighted by molar-refractivity contribution is 7.17. The number of nitrogen functional groups attached to an aromatic ring is 1. The molecule has 0 aliphatic heterocycles. The van der Waals surface area contributed by atoms with Crippen LogP contribution >= 0.6 is 11.3 Å². The molecule has 0 bridgehead atoms. The third-order valence-electron chi connectivity index (χ3n) is 4.17. The van der Waals surface area contributed by atoms with Gasteiger partial charge in [-0.25, -0.2) is 0 Å². The van der Waals surface area contributed by atoms with Crippen molar-refractivity contribution in [2.75, 3.05) is 12.3 Å². The van der Waals surface area contributed by atoms with Crippen LogP contribution in [0.2, 0.25) is 0 Å². The van der Waals surface area contributed by atoms with Crippen molar-refractivity contribution in [2.24, 2.45) is 0 Å². The Morgan fingerprint density at radius 2 is 2.04 bits per heavy atom. The van der Waals surface area contributed by atoms with E-state index in [0.29, 0.717) is 11.7 Å². The van der Waals surface area contributed by atoms with E-state index in [-0.39, 0.29) is 5.75 Å². The summed E-state index contributed by atoms with van der Waals surface area (Å²) in [7, 11) is 0. The van der Waals surface area contributed by atoms with Gasteiger partial charge >= 0.3 is 0 Å². The topological polar surface area (TPSA) is 58.3 Å². The third kappa shape index (κ3) is 3.66. The Morgan fingerprint density at radius 1 is 1.22 bits per heavy atom. The number of hydrogen-bond acceptors (Lipinski definition) is 4. The molecular weight excluding hydrogens is 304 g/mol. The van der Waals surface area contributed by atoms with E-state index in [1.807, 2.05) is 6.07 Å². The summed E-state index contributed by atoms with van der Waals surface area (Å²) in [4.78, 5) is 0. The molecule has 0 aliphatic carbocycles. The Labute approximate surface area is 140 Å².